The lowest BCUT2D eigenvalue weighted by Gasteiger charge is -2.51. The third kappa shape index (κ3) is 6.27. The van der Waals surface area contributed by atoms with Crippen LogP contribution in [0.5, 0.6) is 5.75 Å². The molecule has 4 fully saturated rings. The van der Waals surface area contributed by atoms with Crippen LogP contribution < -0.4 is 0 Å². The highest BCUT2D eigenvalue weighted by atomic mass is 32.1. The maximum Gasteiger partial charge on any atom is 0.246 e. The maximum absolute atomic E-state index is 14.3. The molecule has 3 N–H and O–H groups in total. The Labute approximate surface area is 269 Å². The highest BCUT2D eigenvalue weighted by Gasteiger charge is 2.61. The van der Waals surface area contributed by atoms with Gasteiger partial charge in [0.15, 0.2) is 6.29 Å². The minimum atomic E-state index is -1.08. The molecule has 0 spiro atoms. The Hall–Kier alpha value is -1.81. The van der Waals surface area contributed by atoms with Crippen LogP contribution in [0, 0.1) is 34.0 Å². The van der Waals surface area contributed by atoms with Gasteiger partial charge in [-0.3, -0.25) is 10.2 Å². The van der Waals surface area contributed by atoms with E-state index >= 15 is 0 Å². The second-order valence-electron chi connectivity index (χ2n) is 14.9. The zero-order valence-electron chi connectivity index (χ0n) is 27.5. The van der Waals surface area contributed by atoms with Crippen LogP contribution in [0.3, 0.4) is 0 Å². The first kappa shape index (κ1) is 33.6. The fourth-order valence-corrected chi connectivity index (χ4v) is 9.24. The number of aromatic hydroxyl groups is 1. The molecule has 9 unspecified atom stereocenters. The number of aliphatic hydroxyl groups excluding tert-OH is 1. The average Bonchev–Trinajstić information content (AvgIpc) is 3.71. The molecule has 2 aliphatic heterocycles. The zero-order chi connectivity index (χ0) is 32.0. The molecule has 44 heavy (non-hydrogen) atoms. The Morgan fingerprint density at radius 1 is 1.23 bits per heavy atom. The molecule has 2 saturated heterocycles. The molecule has 10 atom stereocenters. The summed E-state index contributed by atoms with van der Waals surface area (Å²) >= 11 is 4.61. The molecule has 8 nitrogen and oxygen atoms in total. The van der Waals surface area contributed by atoms with Crippen molar-refractivity contribution >= 4 is 24.4 Å². The molecule has 2 aliphatic carbocycles. The molecule has 1 aromatic carbocycles. The Morgan fingerprint density at radius 3 is 2.59 bits per heavy atom. The second-order valence-corrected chi connectivity index (χ2v) is 15.3. The topological polar surface area (TPSA) is 110 Å². The number of fused-ring (bicyclic) bond motifs is 2. The van der Waals surface area contributed by atoms with Crippen LogP contribution in [0.1, 0.15) is 85.6 Å². The van der Waals surface area contributed by atoms with Gasteiger partial charge in [0.25, 0.3) is 0 Å². The third-order valence-electron chi connectivity index (χ3n) is 12.1. The molecular weight excluding hydrogens is 574 g/mol. The van der Waals surface area contributed by atoms with E-state index < -0.39 is 12.1 Å². The standard InChI is InChI=1S/C35H55N3O5S/c1-7-16-37(31(36)27(40)18-23-10-12-24(39)13-11-23)26(20-44)32(41)38-17-8-9-21(2)29(38)30-33(43-30)42-28-19-35(6)15-14-25(22(28)3)34(35,4)5/h10-13,21-22,25-30,33,36,39-40,44H,7-9,14-20H2,1-6H3/t21?,22?,25?,26-,27?,28?,29?,30?,33?,35?/m1/s1. The van der Waals surface area contributed by atoms with E-state index in [9.17, 15) is 15.0 Å². The Morgan fingerprint density at radius 2 is 1.93 bits per heavy atom. The first-order chi connectivity index (χ1) is 20.8. The van der Waals surface area contributed by atoms with Crippen molar-refractivity contribution in [1.82, 2.24) is 9.80 Å². The summed E-state index contributed by atoms with van der Waals surface area (Å²) in [6.07, 6.45) is 5.11. The number of benzene rings is 1. The van der Waals surface area contributed by atoms with Crippen molar-refractivity contribution in [3.05, 3.63) is 29.8 Å². The van der Waals surface area contributed by atoms with Gasteiger partial charge in [-0.25, -0.2) is 0 Å². The summed E-state index contributed by atoms with van der Waals surface area (Å²) in [6, 6.07) is 5.87. The van der Waals surface area contributed by atoms with Gasteiger partial charge in [-0.15, -0.1) is 0 Å². The lowest BCUT2D eigenvalue weighted by Crippen LogP contribution is -2.60. The summed E-state index contributed by atoms with van der Waals surface area (Å²) in [4.78, 5) is 18.1. The molecule has 1 amide bonds. The number of thiol groups is 1. The maximum atomic E-state index is 14.3. The summed E-state index contributed by atoms with van der Waals surface area (Å²) in [5.41, 5.74) is 1.40. The first-order valence-corrected chi connectivity index (χ1v) is 17.5. The number of amidine groups is 1. The predicted molar refractivity (Wildman–Crippen MR) is 176 cm³/mol. The van der Waals surface area contributed by atoms with Gasteiger partial charge in [0, 0.05) is 25.3 Å². The lowest BCUT2D eigenvalue weighted by molar-refractivity contribution is -0.141. The van der Waals surface area contributed by atoms with E-state index in [1.54, 1.807) is 29.2 Å². The van der Waals surface area contributed by atoms with Crippen LogP contribution in [-0.4, -0.2) is 87.3 Å². The number of hydrogen-bond acceptors (Lipinski definition) is 7. The van der Waals surface area contributed by atoms with Crippen LogP contribution in [-0.2, 0) is 20.7 Å². The highest BCUT2D eigenvalue weighted by molar-refractivity contribution is 7.80. The number of carbonyl (C=O) groups is 1. The largest absolute Gasteiger partial charge is 0.508 e. The molecule has 2 saturated carbocycles. The minimum absolute atomic E-state index is 0.0233. The number of amides is 1. The number of nitrogens with one attached hydrogen (secondary N) is 1. The summed E-state index contributed by atoms with van der Waals surface area (Å²) in [6.45, 7) is 15.0. The predicted octanol–water partition coefficient (Wildman–Crippen LogP) is 5.50. The number of phenols is 1. The molecule has 9 heteroatoms. The van der Waals surface area contributed by atoms with Gasteiger partial charge >= 0.3 is 0 Å². The molecule has 0 aromatic heterocycles. The van der Waals surface area contributed by atoms with Crippen molar-refractivity contribution in [2.75, 3.05) is 18.8 Å². The van der Waals surface area contributed by atoms with Crippen LogP contribution in [0.15, 0.2) is 24.3 Å². The van der Waals surface area contributed by atoms with Crippen LogP contribution in [0.2, 0.25) is 0 Å². The molecule has 5 rings (SSSR count). The van der Waals surface area contributed by atoms with E-state index in [0.29, 0.717) is 30.3 Å². The highest BCUT2D eigenvalue weighted by Crippen LogP contribution is 2.65. The number of piperidine rings is 1. The van der Waals surface area contributed by atoms with Crippen molar-refractivity contribution in [3.63, 3.8) is 0 Å². The van der Waals surface area contributed by atoms with Crippen molar-refractivity contribution in [2.45, 2.75) is 123 Å². The normalized spacial score (nSPS) is 35.6. The van der Waals surface area contributed by atoms with E-state index in [4.69, 9.17) is 14.9 Å². The number of nitrogens with zero attached hydrogens (tertiary/aromatic N) is 2. The summed E-state index contributed by atoms with van der Waals surface area (Å²) < 4.78 is 13.0. The monoisotopic (exact) mass is 629 g/mol. The number of hydrogen-bond donors (Lipinski definition) is 4. The molecule has 2 heterocycles. The lowest BCUT2D eigenvalue weighted by atomic mass is 9.55. The minimum Gasteiger partial charge on any atom is -0.508 e. The molecule has 1 aromatic rings. The smallest absolute Gasteiger partial charge is 0.246 e. The van der Waals surface area contributed by atoms with Gasteiger partial charge in [-0.2, -0.15) is 12.6 Å². The first-order valence-electron chi connectivity index (χ1n) is 16.9. The number of rotatable bonds is 11. The average molecular weight is 630 g/mol. The molecule has 246 valence electrons. The van der Waals surface area contributed by atoms with Gasteiger partial charge in [0.05, 0.1) is 12.1 Å². The summed E-state index contributed by atoms with van der Waals surface area (Å²) in [7, 11) is 0. The van der Waals surface area contributed by atoms with Crippen LogP contribution in [0.4, 0.5) is 0 Å². The fraction of sp³-hybridized carbons (Fsp3) is 0.771. The van der Waals surface area contributed by atoms with Gasteiger partial charge in [-0.05, 0) is 84.8 Å². The van der Waals surface area contributed by atoms with Crippen molar-refractivity contribution in [2.24, 2.45) is 28.6 Å². The van der Waals surface area contributed by atoms with Crippen molar-refractivity contribution in [3.8, 4) is 5.75 Å². The molecular formula is C35H55N3O5S. The summed E-state index contributed by atoms with van der Waals surface area (Å²) in [5.74, 6) is 1.75. The number of carbonyl (C=O) groups excluding carboxylic acids is 1. The van der Waals surface area contributed by atoms with Crippen LogP contribution >= 0.6 is 12.6 Å². The molecule has 2 bridgehead atoms. The van der Waals surface area contributed by atoms with Gasteiger partial charge < -0.3 is 29.5 Å². The quantitative estimate of drug-likeness (QED) is 0.111. The van der Waals surface area contributed by atoms with E-state index in [1.165, 1.54) is 12.8 Å². The van der Waals surface area contributed by atoms with E-state index in [1.807, 2.05) is 11.8 Å². The van der Waals surface area contributed by atoms with Crippen molar-refractivity contribution in [1.29, 1.82) is 5.41 Å². The Balaban J connectivity index is 1.28. The van der Waals surface area contributed by atoms with Gasteiger partial charge in [-0.1, -0.05) is 53.7 Å². The Kier molecular flexibility index (Phi) is 10.0. The Bertz CT molecular complexity index is 1180. The number of epoxide rings is 1. The van der Waals surface area contributed by atoms with Gasteiger partial charge in [0.1, 0.15) is 29.8 Å². The van der Waals surface area contributed by atoms with Crippen molar-refractivity contribution < 1.29 is 24.5 Å². The fourth-order valence-electron chi connectivity index (χ4n) is 8.88. The van der Waals surface area contributed by atoms with E-state index in [2.05, 4.69) is 47.2 Å². The number of phenolic OH excluding ortho intramolecular Hbond substituents is 1. The van der Waals surface area contributed by atoms with Gasteiger partial charge in [0.2, 0.25) is 5.91 Å². The van der Waals surface area contributed by atoms with E-state index in [-0.39, 0.29) is 65.5 Å². The van der Waals surface area contributed by atoms with E-state index in [0.717, 1.165) is 31.2 Å². The third-order valence-corrected chi connectivity index (χ3v) is 12.4. The van der Waals surface area contributed by atoms with Crippen LogP contribution in [0.25, 0.3) is 0 Å². The number of aliphatic hydroxyl groups is 1. The molecule has 0 radical (unpaired) electrons. The zero-order valence-corrected chi connectivity index (χ0v) is 28.4. The molecule has 4 aliphatic rings. The number of likely N-dealkylation sites (tertiary alicyclic amines) is 1. The number of ether oxygens (including phenoxy) is 2. The SMILES string of the molecule is CCCN(C(=N)C(O)Cc1ccc(O)cc1)[C@H](CS)C(=O)N1CCCC(C)C1C1OC1OC1CC2(C)CCC(C1C)C2(C)C. The second kappa shape index (κ2) is 13.1. The summed E-state index contributed by atoms with van der Waals surface area (Å²) in [5, 5.41) is 29.6.